The first kappa shape index (κ1) is 22.5. The van der Waals surface area contributed by atoms with Gasteiger partial charge in [-0.2, -0.15) is 0 Å². The summed E-state index contributed by atoms with van der Waals surface area (Å²) in [5.41, 5.74) is 7.43. The maximum Gasteiger partial charge on any atom is 0.188 e. The van der Waals surface area contributed by atoms with E-state index in [1.54, 1.807) is 26.4 Å². The van der Waals surface area contributed by atoms with Gasteiger partial charge >= 0.3 is 0 Å². The van der Waals surface area contributed by atoms with E-state index < -0.39 is 0 Å². The van der Waals surface area contributed by atoms with Gasteiger partial charge in [0.2, 0.25) is 0 Å². The summed E-state index contributed by atoms with van der Waals surface area (Å²) in [6.07, 6.45) is 0.512. The van der Waals surface area contributed by atoms with Crippen molar-refractivity contribution in [2.45, 2.75) is 13.0 Å². The Balaban J connectivity index is 0.00000338. The molecular formula is C18H22BrFIN3O2. The zero-order chi connectivity index (χ0) is 18.2. The van der Waals surface area contributed by atoms with Crippen molar-refractivity contribution in [1.29, 1.82) is 0 Å². The van der Waals surface area contributed by atoms with E-state index in [2.05, 4.69) is 26.2 Å². The lowest BCUT2D eigenvalue weighted by atomic mass is 10.1. The highest BCUT2D eigenvalue weighted by Gasteiger charge is 2.05. The highest BCUT2D eigenvalue weighted by atomic mass is 127. The minimum absolute atomic E-state index is 0. The molecule has 0 bridgehead atoms. The lowest BCUT2D eigenvalue weighted by Crippen LogP contribution is -2.33. The lowest BCUT2D eigenvalue weighted by Gasteiger charge is -2.09. The third-order valence-electron chi connectivity index (χ3n) is 3.59. The second-order valence-electron chi connectivity index (χ2n) is 5.30. The number of guanidine groups is 1. The summed E-state index contributed by atoms with van der Waals surface area (Å²) in [4.78, 5) is 4.28. The zero-order valence-corrected chi connectivity index (χ0v) is 18.5. The highest BCUT2D eigenvalue weighted by Crippen LogP contribution is 2.27. The Morgan fingerprint density at radius 2 is 1.88 bits per heavy atom. The summed E-state index contributed by atoms with van der Waals surface area (Å²) in [7, 11) is 3.17. The van der Waals surface area contributed by atoms with Gasteiger partial charge in [0, 0.05) is 11.0 Å². The maximum absolute atomic E-state index is 13.7. The molecule has 0 heterocycles. The van der Waals surface area contributed by atoms with Crippen LogP contribution in [0.1, 0.15) is 11.1 Å². The molecule has 0 atom stereocenters. The standard InChI is InChI=1S/C18H21BrFN3O2.HI/c1-24-16-6-3-12(9-17(16)25-2)11-23-18(21)22-8-7-13-10-14(19)4-5-15(13)20;/h3-6,9-10H,7-8,11H2,1-2H3,(H3,21,22,23);1H. The van der Waals surface area contributed by atoms with Gasteiger partial charge in [-0.15, -0.1) is 24.0 Å². The van der Waals surface area contributed by atoms with E-state index in [9.17, 15) is 4.39 Å². The van der Waals surface area contributed by atoms with Crippen molar-refractivity contribution in [2.75, 3.05) is 20.8 Å². The van der Waals surface area contributed by atoms with E-state index in [0.717, 1.165) is 10.0 Å². The van der Waals surface area contributed by atoms with Crippen LogP contribution >= 0.6 is 39.9 Å². The minimum Gasteiger partial charge on any atom is -0.493 e. The van der Waals surface area contributed by atoms with Crippen molar-refractivity contribution in [3.8, 4) is 11.5 Å². The van der Waals surface area contributed by atoms with Crippen LogP contribution in [0.25, 0.3) is 0 Å². The fraction of sp³-hybridized carbons (Fsp3) is 0.278. The molecule has 0 aliphatic heterocycles. The van der Waals surface area contributed by atoms with Crippen molar-refractivity contribution in [1.82, 2.24) is 5.32 Å². The number of hydrogen-bond donors (Lipinski definition) is 2. The van der Waals surface area contributed by atoms with E-state index >= 15 is 0 Å². The number of benzene rings is 2. The fourth-order valence-corrected chi connectivity index (χ4v) is 2.68. The van der Waals surface area contributed by atoms with Gasteiger partial charge in [-0.3, -0.25) is 0 Å². The smallest absolute Gasteiger partial charge is 0.188 e. The number of methoxy groups -OCH3 is 2. The SMILES string of the molecule is COc1ccc(CN=C(N)NCCc2cc(Br)ccc2F)cc1OC.I. The molecule has 0 aliphatic carbocycles. The summed E-state index contributed by atoms with van der Waals surface area (Å²) < 4.78 is 25.0. The number of nitrogens with one attached hydrogen (secondary N) is 1. The number of nitrogens with two attached hydrogens (primary N) is 1. The maximum atomic E-state index is 13.7. The van der Waals surface area contributed by atoms with E-state index in [1.807, 2.05) is 18.2 Å². The molecular weight excluding hydrogens is 516 g/mol. The molecule has 0 spiro atoms. The number of rotatable bonds is 7. The Hall–Kier alpha value is -1.55. The summed E-state index contributed by atoms with van der Waals surface area (Å²) in [5, 5.41) is 2.99. The lowest BCUT2D eigenvalue weighted by molar-refractivity contribution is 0.354. The van der Waals surface area contributed by atoms with E-state index in [1.165, 1.54) is 6.07 Å². The van der Waals surface area contributed by atoms with Crippen molar-refractivity contribution in [3.05, 3.63) is 57.8 Å². The number of halogens is 3. The quantitative estimate of drug-likeness (QED) is 0.319. The first-order chi connectivity index (χ1) is 12.0. The summed E-state index contributed by atoms with van der Waals surface area (Å²) in [6.45, 7) is 0.902. The topological polar surface area (TPSA) is 68.9 Å². The Morgan fingerprint density at radius 1 is 1.15 bits per heavy atom. The van der Waals surface area contributed by atoms with Crippen LogP contribution in [0.3, 0.4) is 0 Å². The van der Waals surface area contributed by atoms with Crippen LogP contribution in [0.15, 0.2) is 45.9 Å². The predicted molar refractivity (Wildman–Crippen MR) is 116 cm³/mol. The Bertz CT molecular complexity index is 759. The van der Waals surface area contributed by atoms with E-state index in [0.29, 0.717) is 42.5 Å². The van der Waals surface area contributed by atoms with Crippen LogP contribution in [0.5, 0.6) is 11.5 Å². The van der Waals surface area contributed by atoms with E-state index in [-0.39, 0.29) is 29.8 Å². The van der Waals surface area contributed by atoms with Gasteiger partial charge in [0.25, 0.3) is 0 Å². The predicted octanol–water partition coefficient (Wildman–Crippen LogP) is 3.87. The molecule has 8 heteroatoms. The second-order valence-corrected chi connectivity index (χ2v) is 6.22. The molecule has 0 saturated heterocycles. The number of nitrogens with zero attached hydrogens (tertiary/aromatic N) is 1. The molecule has 0 fully saturated rings. The van der Waals surface area contributed by atoms with Crippen molar-refractivity contribution in [2.24, 2.45) is 10.7 Å². The Kier molecular flexibility index (Phi) is 9.71. The molecule has 2 aromatic carbocycles. The Labute approximate surface area is 178 Å². The van der Waals surface area contributed by atoms with Gasteiger partial charge in [0.05, 0.1) is 20.8 Å². The third-order valence-corrected chi connectivity index (χ3v) is 4.08. The monoisotopic (exact) mass is 537 g/mol. The fourth-order valence-electron chi connectivity index (χ4n) is 2.27. The zero-order valence-electron chi connectivity index (χ0n) is 14.6. The third kappa shape index (κ3) is 6.64. The van der Waals surface area contributed by atoms with Crippen molar-refractivity contribution < 1.29 is 13.9 Å². The van der Waals surface area contributed by atoms with Crippen LogP contribution in [0, 0.1) is 5.82 Å². The van der Waals surface area contributed by atoms with Gasteiger partial charge in [-0.1, -0.05) is 22.0 Å². The number of ether oxygens (including phenoxy) is 2. The van der Waals surface area contributed by atoms with Gasteiger partial charge in [0.1, 0.15) is 5.82 Å². The van der Waals surface area contributed by atoms with Crippen LogP contribution in [0.4, 0.5) is 4.39 Å². The van der Waals surface area contributed by atoms with Crippen LogP contribution < -0.4 is 20.5 Å². The van der Waals surface area contributed by atoms with Crippen LogP contribution in [0.2, 0.25) is 0 Å². The largest absolute Gasteiger partial charge is 0.493 e. The summed E-state index contributed by atoms with van der Waals surface area (Å²) >= 11 is 3.34. The summed E-state index contributed by atoms with van der Waals surface area (Å²) in [6, 6.07) is 10.4. The summed E-state index contributed by atoms with van der Waals surface area (Å²) in [5.74, 6) is 1.39. The normalized spacial score (nSPS) is 10.8. The molecule has 0 unspecified atom stereocenters. The molecule has 26 heavy (non-hydrogen) atoms. The molecule has 0 aliphatic rings. The number of hydrogen-bond acceptors (Lipinski definition) is 3. The average Bonchev–Trinajstić information content (AvgIpc) is 2.62. The molecule has 0 radical (unpaired) electrons. The van der Waals surface area contributed by atoms with E-state index in [4.69, 9.17) is 15.2 Å². The molecule has 0 aromatic heterocycles. The molecule has 2 aromatic rings. The van der Waals surface area contributed by atoms with Crippen molar-refractivity contribution in [3.63, 3.8) is 0 Å². The average molecular weight is 538 g/mol. The van der Waals surface area contributed by atoms with Crippen LogP contribution in [-0.4, -0.2) is 26.7 Å². The van der Waals surface area contributed by atoms with Crippen LogP contribution in [-0.2, 0) is 13.0 Å². The van der Waals surface area contributed by atoms with Crippen molar-refractivity contribution >= 4 is 45.9 Å². The molecule has 0 amide bonds. The molecule has 3 N–H and O–H groups in total. The van der Waals surface area contributed by atoms with Gasteiger partial charge < -0.3 is 20.5 Å². The first-order valence-corrected chi connectivity index (χ1v) is 8.51. The van der Waals surface area contributed by atoms with Gasteiger partial charge in [-0.25, -0.2) is 9.38 Å². The first-order valence-electron chi connectivity index (χ1n) is 7.72. The highest BCUT2D eigenvalue weighted by molar-refractivity contribution is 14.0. The minimum atomic E-state index is -0.231. The number of aliphatic imine (C=N–C) groups is 1. The van der Waals surface area contributed by atoms with Gasteiger partial charge in [0.15, 0.2) is 17.5 Å². The Morgan fingerprint density at radius 3 is 2.58 bits per heavy atom. The molecule has 0 saturated carbocycles. The molecule has 5 nitrogen and oxygen atoms in total. The molecule has 142 valence electrons. The van der Waals surface area contributed by atoms with Gasteiger partial charge in [-0.05, 0) is 47.9 Å². The second kappa shape index (κ2) is 11.2. The molecule has 2 rings (SSSR count).